The molecule has 0 radical (unpaired) electrons. The van der Waals surface area contributed by atoms with E-state index in [2.05, 4.69) is 31.8 Å². The van der Waals surface area contributed by atoms with Crippen molar-refractivity contribution in [3.63, 3.8) is 0 Å². The van der Waals surface area contributed by atoms with Crippen molar-refractivity contribution < 1.29 is 8.42 Å². The summed E-state index contributed by atoms with van der Waals surface area (Å²) in [6.07, 6.45) is 3.16. The zero-order valence-corrected chi connectivity index (χ0v) is 12.7. The molecule has 2 aromatic rings. The Morgan fingerprint density at radius 2 is 2.14 bits per heavy atom. The number of aryl methyl sites for hydroxylation is 2. The van der Waals surface area contributed by atoms with E-state index in [0.29, 0.717) is 29.4 Å². The normalized spacial score (nSPS) is 11.1. The highest BCUT2D eigenvalue weighted by Crippen LogP contribution is 2.20. The van der Waals surface area contributed by atoms with Crippen LogP contribution in [0.1, 0.15) is 11.4 Å². The van der Waals surface area contributed by atoms with Crippen LogP contribution in [0.5, 0.6) is 0 Å². The van der Waals surface area contributed by atoms with E-state index >= 15 is 0 Å². The second-order valence-electron chi connectivity index (χ2n) is 4.47. The number of anilines is 2. The fraction of sp³-hybridized carbons (Fsp3) is 0.231. The fourth-order valence-corrected chi connectivity index (χ4v) is 3.29. The lowest BCUT2D eigenvalue weighted by molar-refractivity contribution is 0.600. The Bertz CT molecular complexity index is 715. The van der Waals surface area contributed by atoms with Crippen LogP contribution in [0.2, 0.25) is 0 Å². The van der Waals surface area contributed by atoms with E-state index in [1.807, 2.05) is 0 Å². The van der Waals surface area contributed by atoms with Crippen molar-refractivity contribution in [3.05, 3.63) is 42.4 Å². The first-order valence-corrected chi connectivity index (χ1v) is 7.77. The summed E-state index contributed by atoms with van der Waals surface area (Å²) in [4.78, 5) is 4.28. The van der Waals surface area contributed by atoms with Gasteiger partial charge in [-0.1, -0.05) is 6.08 Å². The third-order valence-corrected chi connectivity index (χ3v) is 4.42. The van der Waals surface area contributed by atoms with E-state index < -0.39 is 10.0 Å². The van der Waals surface area contributed by atoms with Crippen LogP contribution in [-0.2, 0) is 10.0 Å². The molecule has 0 fully saturated rings. The Kier molecular flexibility index (Phi) is 4.27. The van der Waals surface area contributed by atoms with Gasteiger partial charge in [-0.05, 0) is 26.0 Å². The van der Waals surface area contributed by atoms with Crippen LogP contribution in [-0.4, -0.2) is 30.1 Å². The van der Waals surface area contributed by atoms with Crippen LogP contribution in [0.4, 0.5) is 11.5 Å². The third kappa shape index (κ3) is 3.40. The number of pyridine rings is 1. The molecule has 2 aromatic heterocycles. The number of hydrogen-bond acceptors (Lipinski definition) is 5. The summed E-state index contributed by atoms with van der Waals surface area (Å²) >= 11 is 0. The summed E-state index contributed by atoms with van der Waals surface area (Å²) in [6, 6.07) is 3.33. The number of aromatic nitrogens is 3. The molecule has 8 heteroatoms. The van der Waals surface area contributed by atoms with Crippen molar-refractivity contribution in [3.8, 4) is 0 Å². The van der Waals surface area contributed by atoms with Gasteiger partial charge in [0.15, 0.2) is 0 Å². The number of hydrogen-bond donors (Lipinski definition) is 3. The molecule has 0 saturated carbocycles. The summed E-state index contributed by atoms with van der Waals surface area (Å²) in [7, 11) is -3.68. The minimum atomic E-state index is -3.68. The van der Waals surface area contributed by atoms with Gasteiger partial charge in [-0.15, -0.1) is 6.58 Å². The van der Waals surface area contributed by atoms with E-state index in [9.17, 15) is 8.42 Å². The van der Waals surface area contributed by atoms with Gasteiger partial charge in [0.25, 0.3) is 10.0 Å². The highest BCUT2D eigenvalue weighted by molar-refractivity contribution is 7.92. The summed E-state index contributed by atoms with van der Waals surface area (Å²) in [5.74, 6) is 0.647. The van der Waals surface area contributed by atoms with E-state index in [1.165, 1.54) is 6.20 Å². The summed E-state index contributed by atoms with van der Waals surface area (Å²) < 4.78 is 27.2. The fourth-order valence-electron chi connectivity index (χ4n) is 1.88. The number of rotatable bonds is 6. The van der Waals surface area contributed by atoms with E-state index in [-0.39, 0.29) is 4.90 Å². The van der Waals surface area contributed by atoms with Crippen LogP contribution < -0.4 is 10.0 Å². The molecule has 112 valence electrons. The van der Waals surface area contributed by atoms with Crippen molar-refractivity contribution in [2.75, 3.05) is 16.6 Å². The van der Waals surface area contributed by atoms with Gasteiger partial charge in [-0.2, -0.15) is 5.10 Å². The molecule has 0 aliphatic carbocycles. The van der Waals surface area contributed by atoms with Crippen LogP contribution in [0.25, 0.3) is 0 Å². The second-order valence-corrected chi connectivity index (χ2v) is 6.09. The lowest BCUT2D eigenvalue weighted by Gasteiger charge is -2.09. The maximum Gasteiger partial charge on any atom is 0.265 e. The minimum absolute atomic E-state index is 0.163. The van der Waals surface area contributed by atoms with Crippen LogP contribution in [0, 0.1) is 13.8 Å². The van der Waals surface area contributed by atoms with Gasteiger partial charge in [0.05, 0.1) is 23.3 Å². The first kappa shape index (κ1) is 15.0. The summed E-state index contributed by atoms with van der Waals surface area (Å²) in [5, 5.41) is 9.56. The van der Waals surface area contributed by atoms with Gasteiger partial charge < -0.3 is 5.32 Å². The van der Waals surface area contributed by atoms with E-state index in [1.54, 1.807) is 32.1 Å². The van der Waals surface area contributed by atoms with Crippen LogP contribution in [0.3, 0.4) is 0 Å². The number of H-pyrrole nitrogens is 1. The zero-order valence-electron chi connectivity index (χ0n) is 11.8. The van der Waals surface area contributed by atoms with Crippen molar-refractivity contribution in [2.24, 2.45) is 0 Å². The molecule has 0 saturated heterocycles. The molecule has 0 amide bonds. The zero-order chi connectivity index (χ0) is 15.5. The molecule has 3 N–H and O–H groups in total. The van der Waals surface area contributed by atoms with Gasteiger partial charge in [-0.25, -0.2) is 13.4 Å². The highest BCUT2D eigenvalue weighted by Gasteiger charge is 2.22. The lowest BCUT2D eigenvalue weighted by Crippen LogP contribution is -2.14. The maximum absolute atomic E-state index is 12.3. The topological polar surface area (TPSA) is 99.8 Å². The maximum atomic E-state index is 12.3. The summed E-state index contributed by atoms with van der Waals surface area (Å²) in [5.41, 5.74) is 1.31. The predicted octanol–water partition coefficient (Wildman–Crippen LogP) is 1.82. The molecule has 2 rings (SSSR count). The first-order valence-electron chi connectivity index (χ1n) is 6.29. The number of aromatic amines is 1. The van der Waals surface area contributed by atoms with Crippen molar-refractivity contribution >= 4 is 21.5 Å². The summed E-state index contributed by atoms with van der Waals surface area (Å²) in [6.45, 7) is 7.48. The van der Waals surface area contributed by atoms with Crippen molar-refractivity contribution in [1.82, 2.24) is 15.2 Å². The molecular formula is C13H17N5O2S. The number of nitrogens with zero attached hydrogens (tertiary/aromatic N) is 2. The smallest absolute Gasteiger partial charge is 0.265 e. The molecule has 0 aromatic carbocycles. The van der Waals surface area contributed by atoms with Gasteiger partial charge >= 0.3 is 0 Å². The quantitative estimate of drug-likeness (QED) is 0.707. The Morgan fingerprint density at radius 3 is 2.67 bits per heavy atom. The Labute approximate surface area is 123 Å². The van der Waals surface area contributed by atoms with E-state index in [4.69, 9.17) is 0 Å². The Morgan fingerprint density at radius 1 is 1.38 bits per heavy atom. The predicted molar refractivity (Wildman–Crippen MR) is 81.8 cm³/mol. The van der Waals surface area contributed by atoms with Gasteiger partial charge in [0.2, 0.25) is 0 Å². The lowest BCUT2D eigenvalue weighted by atomic mass is 10.4. The molecule has 2 heterocycles. The minimum Gasteiger partial charge on any atom is -0.367 e. The van der Waals surface area contributed by atoms with Crippen molar-refractivity contribution in [2.45, 2.75) is 18.7 Å². The molecule has 7 nitrogen and oxygen atoms in total. The van der Waals surface area contributed by atoms with Gasteiger partial charge in [0, 0.05) is 6.54 Å². The Hall–Kier alpha value is -2.35. The SMILES string of the molecule is C=CCNc1ccc(NS(=O)(=O)c2c(C)n[nH]c2C)cn1. The largest absolute Gasteiger partial charge is 0.367 e. The molecule has 0 atom stereocenters. The molecule has 0 bridgehead atoms. The van der Waals surface area contributed by atoms with Crippen molar-refractivity contribution in [1.29, 1.82) is 0 Å². The third-order valence-electron chi connectivity index (χ3n) is 2.77. The van der Waals surface area contributed by atoms with Crippen LogP contribution >= 0.6 is 0 Å². The second kappa shape index (κ2) is 5.96. The van der Waals surface area contributed by atoms with Gasteiger partial charge in [-0.3, -0.25) is 9.82 Å². The molecule has 0 aliphatic rings. The molecular weight excluding hydrogens is 290 g/mol. The van der Waals surface area contributed by atoms with Gasteiger partial charge in [0.1, 0.15) is 10.7 Å². The van der Waals surface area contributed by atoms with Crippen LogP contribution in [0.15, 0.2) is 35.9 Å². The first-order chi connectivity index (χ1) is 9.94. The molecule has 21 heavy (non-hydrogen) atoms. The monoisotopic (exact) mass is 307 g/mol. The average molecular weight is 307 g/mol. The molecule has 0 aliphatic heterocycles. The Balaban J connectivity index is 2.19. The van der Waals surface area contributed by atoms with E-state index in [0.717, 1.165) is 0 Å². The molecule has 0 spiro atoms. The number of nitrogens with one attached hydrogen (secondary N) is 3. The number of sulfonamides is 1. The highest BCUT2D eigenvalue weighted by atomic mass is 32.2. The standard InChI is InChI=1S/C13H17N5O2S/c1-4-7-14-12-6-5-11(8-15-12)18-21(19,20)13-9(2)16-17-10(13)3/h4-6,8,18H,1,7H2,2-3H3,(H,14,15)(H,16,17). The molecule has 0 unspecified atom stereocenters. The average Bonchev–Trinajstić information content (AvgIpc) is 2.77.